The molecule has 0 aliphatic carbocycles. The number of nitrogen functional groups attached to an aromatic ring is 1. The number of nitrogens with zero attached hydrogens (tertiary/aromatic N) is 4. The van der Waals surface area contributed by atoms with Crippen LogP contribution >= 0.6 is 0 Å². The van der Waals surface area contributed by atoms with E-state index in [4.69, 9.17) is 5.73 Å². The Morgan fingerprint density at radius 1 is 1.23 bits per heavy atom. The lowest BCUT2D eigenvalue weighted by Crippen LogP contribution is -2.08. The molecule has 0 bridgehead atoms. The third-order valence-electron chi connectivity index (χ3n) is 4.31. The normalized spacial score (nSPS) is 12.2. The predicted molar refractivity (Wildman–Crippen MR) is 101 cm³/mol. The minimum Gasteiger partial charge on any atom is -0.383 e. The number of hydrogen-bond acceptors (Lipinski definition) is 6. The second-order valence-corrected chi connectivity index (χ2v) is 8.57. The predicted octanol–water partition coefficient (Wildman–Crippen LogP) is 1.99. The molecule has 0 amide bonds. The summed E-state index contributed by atoms with van der Waals surface area (Å²) in [6.07, 6.45) is 5.11. The van der Waals surface area contributed by atoms with Crippen LogP contribution in [-0.2, 0) is 16.4 Å². The second-order valence-electron chi connectivity index (χ2n) is 6.31. The summed E-state index contributed by atoms with van der Waals surface area (Å²) in [7, 11) is -3.00. The molecule has 3 heterocycles. The van der Waals surface area contributed by atoms with E-state index in [0.717, 1.165) is 33.1 Å². The second kappa shape index (κ2) is 6.10. The third kappa shape index (κ3) is 3.01. The van der Waals surface area contributed by atoms with E-state index in [1.807, 2.05) is 24.3 Å². The van der Waals surface area contributed by atoms with Crippen LogP contribution in [-0.4, -0.2) is 45.4 Å². The number of anilines is 1. The van der Waals surface area contributed by atoms with Gasteiger partial charge in [-0.1, -0.05) is 6.07 Å². The van der Waals surface area contributed by atoms with Crippen molar-refractivity contribution in [1.29, 1.82) is 0 Å². The van der Waals surface area contributed by atoms with Crippen molar-refractivity contribution >= 4 is 37.5 Å². The van der Waals surface area contributed by atoms with E-state index < -0.39 is 9.84 Å². The number of aryl methyl sites for hydroxylation is 1. The highest BCUT2D eigenvalue weighted by molar-refractivity contribution is 7.90. The molecule has 4 rings (SSSR count). The van der Waals surface area contributed by atoms with Crippen LogP contribution in [0.2, 0.25) is 0 Å². The molecular formula is C17H18N6O2S. The first kappa shape index (κ1) is 16.5. The van der Waals surface area contributed by atoms with E-state index in [9.17, 15) is 8.42 Å². The molecule has 0 radical (unpaired) electrons. The zero-order valence-corrected chi connectivity index (χ0v) is 15.0. The van der Waals surface area contributed by atoms with Crippen molar-refractivity contribution in [2.75, 3.05) is 17.7 Å². The molecule has 0 saturated carbocycles. The van der Waals surface area contributed by atoms with Crippen molar-refractivity contribution in [2.24, 2.45) is 0 Å². The van der Waals surface area contributed by atoms with E-state index in [2.05, 4.69) is 20.3 Å². The van der Waals surface area contributed by atoms with Crippen LogP contribution in [0.5, 0.6) is 0 Å². The molecule has 0 unspecified atom stereocenters. The van der Waals surface area contributed by atoms with Gasteiger partial charge >= 0.3 is 0 Å². The highest BCUT2D eigenvalue weighted by atomic mass is 32.2. The van der Waals surface area contributed by atoms with Gasteiger partial charge in [0.2, 0.25) is 0 Å². The number of hydrogen-bond donors (Lipinski definition) is 2. The molecule has 0 atom stereocenters. The minimum absolute atomic E-state index is 0.122. The van der Waals surface area contributed by atoms with Gasteiger partial charge in [-0.3, -0.25) is 9.78 Å². The van der Waals surface area contributed by atoms with Crippen molar-refractivity contribution in [3.8, 4) is 11.3 Å². The van der Waals surface area contributed by atoms with Crippen molar-refractivity contribution in [3.63, 3.8) is 0 Å². The molecular weight excluding hydrogens is 352 g/mol. The summed E-state index contributed by atoms with van der Waals surface area (Å²) in [6.45, 7) is 0.497. The van der Waals surface area contributed by atoms with E-state index in [1.165, 1.54) is 6.26 Å². The first-order valence-corrected chi connectivity index (χ1v) is 10.2. The molecule has 0 saturated heterocycles. The standard InChI is InChI=1S/C17H18N6O2S/c1-26(24,25)8-2-7-23-16-12-4-3-11(14-5-6-19-22-14)9-15(12)21-17(18)13(16)10-20-23/h3-6,9-10H,2,7-8H2,1H3,(H2,18,21)(H,19,22). The summed E-state index contributed by atoms with van der Waals surface area (Å²) in [4.78, 5) is 4.50. The lowest BCUT2D eigenvalue weighted by Gasteiger charge is -2.08. The van der Waals surface area contributed by atoms with Crippen LogP contribution in [0.25, 0.3) is 33.1 Å². The van der Waals surface area contributed by atoms with Crippen LogP contribution in [0.3, 0.4) is 0 Å². The molecule has 0 fully saturated rings. The first-order valence-electron chi connectivity index (χ1n) is 8.14. The van der Waals surface area contributed by atoms with Crippen molar-refractivity contribution in [1.82, 2.24) is 25.0 Å². The van der Waals surface area contributed by atoms with Crippen molar-refractivity contribution in [3.05, 3.63) is 36.7 Å². The number of aromatic nitrogens is 5. The quantitative estimate of drug-likeness (QED) is 0.554. The molecule has 1 aromatic carbocycles. The SMILES string of the molecule is CS(=O)(=O)CCCn1ncc2c(N)nc3cc(-c4ccn[nH]4)ccc3c21. The number of aromatic amines is 1. The molecule has 9 heteroatoms. The maximum absolute atomic E-state index is 11.4. The Balaban J connectivity index is 1.81. The highest BCUT2D eigenvalue weighted by Crippen LogP contribution is 2.30. The Labute approximate surface area is 150 Å². The molecule has 134 valence electrons. The summed E-state index contributed by atoms with van der Waals surface area (Å²) in [6, 6.07) is 7.81. The van der Waals surface area contributed by atoms with Gasteiger partial charge in [-0.05, 0) is 24.6 Å². The van der Waals surface area contributed by atoms with E-state index in [1.54, 1.807) is 17.1 Å². The molecule has 4 aromatic rings. The van der Waals surface area contributed by atoms with Gasteiger partial charge < -0.3 is 5.73 Å². The third-order valence-corrected chi connectivity index (χ3v) is 5.34. The van der Waals surface area contributed by atoms with Gasteiger partial charge in [-0.15, -0.1) is 0 Å². The number of nitrogens with one attached hydrogen (secondary N) is 1. The zero-order valence-electron chi connectivity index (χ0n) is 14.2. The number of pyridine rings is 1. The Hall–Kier alpha value is -2.94. The largest absolute Gasteiger partial charge is 0.383 e. The number of sulfone groups is 1. The summed E-state index contributed by atoms with van der Waals surface area (Å²) < 4.78 is 24.5. The van der Waals surface area contributed by atoms with Gasteiger partial charge in [0.1, 0.15) is 15.7 Å². The Morgan fingerprint density at radius 3 is 2.81 bits per heavy atom. The van der Waals surface area contributed by atoms with Gasteiger partial charge in [-0.2, -0.15) is 10.2 Å². The Kier molecular flexibility index (Phi) is 3.87. The number of nitrogens with two attached hydrogens (primary N) is 1. The molecule has 3 aromatic heterocycles. The van der Waals surface area contributed by atoms with Crippen molar-refractivity contribution < 1.29 is 8.42 Å². The first-order chi connectivity index (χ1) is 12.4. The molecule has 0 spiro atoms. The number of fused-ring (bicyclic) bond motifs is 3. The van der Waals surface area contributed by atoms with E-state index >= 15 is 0 Å². The fourth-order valence-electron chi connectivity index (χ4n) is 3.10. The Morgan fingerprint density at radius 2 is 2.08 bits per heavy atom. The molecule has 0 aliphatic rings. The van der Waals surface area contributed by atoms with Crippen LogP contribution in [0.15, 0.2) is 36.7 Å². The Bertz CT molecular complexity index is 1200. The summed E-state index contributed by atoms with van der Waals surface area (Å²) in [5.74, 6) is 0.528. The van der Waals surface area contributed by atoms with E-state index in [0.29, 0.717) is 18.8 Å². The maximum atomic E-state index is 11.4. The highest BCUT2D eigenvalue weighted by Gasteiger charge is 2.14. The summed E-state index contributed by atoms with van der Waals surface area (Å²) in [5.41, 5.74) is 9.61. The van der Waals surface area contributed by atoms with Crippen LogP contribution in [0.1, 0.15) is 6.42 Å². The van der Waals surface area contributed by atoms with Crippen LogP contribution in [0.4, 0.5) is 5.82 Å². The summed E-state index contributed by atoms with van der Waals surface area (Å²) >= 11 is 0. The van der Waals surface area contributed by atoms with Gasteiger partial charge in [-0.25, -0.2) is 13.4 Å². The zero-order chi connectivity index (χ0) is 18.3. The monoisotopic (exact) mass is 370 g/mol. The summed E-state index contributed by atoms with van der Waals surface area (Å²) in [5, 5.41) is 13.0. The minimum atomic E-state index is -3.00. The van der Waals surface area contributed by atoms with Gasteiger partial charge in [0.25, 0.3) is 0 Å². The molecule has 26 heavy (non-hydrogen) atoms. The lowest BCUT2D eigenvalue weighted by molar-refractivity contribution is 0.583. The number of benzene rings is 1. The van der Waals surface area contributed by atoms with Crippen molar-refractivity contribution in [2.45, 2.75) is 13.0 Å². The molecule has 8 nitrogen and oxygen atoms in total. The molecule has 3 N–H and O–H groups in total. The average molecular weight is 370 g/mol. The van der Waals surface area contributed by atoms with Crippen LogP contribution in [0, 0.1) is 0 Å². The van der Waals surface area contributed by atoms with Gasteiger partial charge in [0.15, 0.2) is 0 Å². The molecule has 0 aliphatic heterocycles. The smallest absolute Gasteiger partial charge is 0.147 e. The topological polar surface area (TPSA) is 120 Å². The average Bonchev–Trinajstić information content (AvgIpc) is 3.23. The van der Waals surface area contributed by atoms with Gasteiger partial charge in [0.05, 0.1) is 34.1 Å². The van der Waals surface area contributed by atoms with Crippen LogP contribution < -0.4 is 5.73 Å². The fraction of sp³-hybridized carbons (Fsp3) is 0.235. The fourth-order valence-corrected chi connectivity index (χ4v) is 3.76. The number of H-pyrrole nitrogens is 1. The van der Waals surface area contributed by atoms with Gasteiger partial charge in [0, 0.05) is 29.9 Å². The maximum Gasteiger partial charge on any atom is 0.147 e. The van der Waals surface area contributed by atoms with E-state index in [-0.39, 0.29) is 5.75 Å². The lowest BCUT2D eigenvalue weighted by atomic mass is 10.1. The number of rotatable bonds is 5.